The molecule has 0 aliphatic heterocycles. The van der Waals surface area contributed by atoms with Crippen LogP contribution in [-0.2, 0) is 19.6 Å². The lowest BCUT2D eigenvalue weighted by atomic mass is 10.2. The van der Waals surface area contributed by atoms with Crippen LogP contribution < -0.4 is 5.73 Å². The van der Waals surface area contributed by atoms with Gasteiger partial charge in [-0.2, -0.15) is 5.10 Å². The summed E-state index contributed by atoms with van der Waals surface area (Å²) in [6.45, 7) is 8.19. The fourth-order valence-electron chi connectivity index (χ4n) is 1.74. The van der Waals surface area contributed by atoms with E-state index in [0.717, 1.165) is 24.5 Å². The largest absolute Gasteiger partial charge is 0.325 e. The lowest BCUT2D eigenvalue weighted by molar-refractivity contribution is 0.481. The quantitative estimate of drug-likeness (QED) is 0.838. The predicted molar refractivity (Wildman–Crippen MR) is 64.4 cm³/mol. The highest BCUT2D eigenvalue weighted by atomic mass is 15.4. The normalized spacial score (nSPS) is 11.1. The molecule has 0 fully saturated rings. The lowest BCUT2D eigenvalue weighted by Crippen LogP contribution is -2.10. The number of hydrogen-bond donors (Lipinski definition) is 1. The van der Waals surface area contributed by atoms with E-state index in [1.807, 2.05) is 17.8 Å². The van der Waals surface area contributed by atoms with Crippen molar-refractivity contribution in [1.29, 1.82) is 0 Å². The van der Waals surface area contributed by atoms with Crippen molar-refractivity contribution >= 4 is 0 Å². The molecule has 0 spiro atoms. The molecule has 0 atom stereocenters. The first-order valence-corrected chi connectivity index (χ1v) is 5.71. The van der Waals surface area contributed by atoms with Gasteiger partial charge in [0, 0.05) is 18.4 Å². The van der Waals surface area contributed by atoms with E-state index >= 15 is 0 Å². The van der Waals surface area contributed by atoms with Gasteiger partial charge in [0.25, 0.3) is 0 Å². The van der Waals surface area contributed by atoms with Gasteiger partial charge in [0.2, 0.25) is 0 Å². The molecule has 2 aromatic rings. The number of aromatic nitrogens is 5. The summed E-state index contributed by atoms with van der Waals surface area (Å²) in [7, 11) is 0. The molecule has 0 saturated heterocycles. The highest BCUT2D eigenvalue weighted by Gasteiger charge is 2.07. The Labute approximate surface area is 100 Å². The third-order valence-electron chi connectivity index (χ3n) is 3.08. The molecule has 0 bridgehead atoms. The standard InChI is InChI=1S/C11H18N6/c1-8-9(2)14-17(10(8)3)5-4-16-7-11(6-12)13-15-16/h7H,4-6,12H2,1-3H3. The van der Waals surface area contributed by atoms with Crippen LogP contribution in [0.3, 0.4) is 0 Å². The van der Waals surface area contributed by atoms with Crippen LogP contribution in [0.15, 0.2) is 6.20 Å². The summed E-state index contributed by atoms with van der Waals surface area (Å²) in [4.78, 5) is 0. The van der Waals surface area contributed by atoms with E-state index < -0.39 is 0 Å². The van der Waals surface area contributed by atoms with Crippen LogP contribution in [0.5, 0.6) is 0 Å². The first-order chi connectivity index (χ1) is 8.11. The van der Waals surface area contributed by atoms with Crippen molar-refractivity contribution in [3.63, 3.8) is 0 Å². The highest BCUT2D eigenvalue weighted by Crippen LogP contribution is 2.10. The topological polar surface area (TPSA) is 74.5 Å². The first kappa shape index (κ1) is 11.8. The number of nitrogens with zero attached hydrogens (tertiary/aromatic N) is 5. The molecule has 2 rings (SSSR count). The van der Waals surface area contributed by atoms with Crippen LogP contribution in [-0.4, -0.2) is 24.8 Å². The van der Waals surface area contributed by atoms with Crippen molar-refractivity contribution in [3.8, 4) is 0 Å². The molecule has 0 amide bonds. The van der Waals surface area contributed by atoms with Crippen molar-refractivity contribution < 1.29 is 0 Å². The van der Waals surface area contributed by atoms with E-state index in [4.69, 9.17) is 5.73 Å². The van der Waals surface area contributed by atoms with Gasteiger partial charge < -0.3 is 5.73 Å². The Morgan fingerprint density at radius 3 is 2.53 bits per heavy atom. The smallest absolute Gasteiger partial charge is 0.0962 e. The third kappa shape index (κ3) is 2.36. The second-order valence-electron chi connectivity index (χ2n) is 4.20. The summed E-state index contributed by atoms with van der Waals surface area (Å²) in [5.74, 6) is 0. The van der Waals surface area contributed by atoms with E-state index in [2.05, 4.69) is 29.3 Å². The van der Waals surface area contributed by atoms with Gasteiger partial charge in [-0.1, -0.05) is 5.21 Å². The zero-order chi connectivity index (χ0) is 12.4. The van der Waals surface area contributed by atoms with E-state index in [0.29, 0.717) is 6.54 Å². The van der Waals surface area contributed by atoms with Crippen LogP contribution in [0.2, 0.25) is 0 Å². The second-order valence-corrected chi connectivity index (χ2v) is 4.20. The van der Waals surface area contributed by atoms with Crippen molar-refractivity contribution in [3.05, 3.63) is 28.8 Å². The third-order valence-corrected chi connectivity index (χ3v) is 3.08. The second kappa shape index (κ2) is 4.67. The number of hydrogen-bond acceptors (Lipinski definition) is 4. The van der Waals surface area contributed by atoms with E-state index in [-0.39, 0.29) is 0 Å². The Hall–Kier alpha value is -1.69. The molecule has 17 heavy (non-hydrogen) atoms. The van der Waals surface area contributed by atoms with E-state index in [9.17, 15) is 0 Å². The molecular formula is C11H18N6. The summed E-state index contributed by atoms with van der Waals surface area (Å²) in [5, 5.41) is 12.4. The highest BCUT2D eigenvalue weighted by molar-refractivity contribution is 5.21. The Morgan fingerprint density at radius 1 is 1.24 bits per heavy atom. The molecule has 0 aromatic carbocycles. The van der Waals surface area contributed by atoms with E-state index in [1.54, 1.807) is 4.68 Å². The van der Waals surface area contributed by atoms with E-state index in [1.165, 1.54) is 11.3 Å². The number of aryl methyl sites for hydroxylation is 3. The van der Waals surface area contributed by atoms with Crippen molar-refractivity contribution in [1.82, 2.24) is 24.8 Å². The SMILES string of the molecule is Cc1nn(CCn2cc(CN)nn2)c(C)c1C. The average molecular weight is 234 g/mol. The maximum atomic E-state index is 5.48. The Kier molecular flexibility index (Phi) is 3.23. The minimum Gasteiger partial charge on any atom is -0.325 e. The summed E-state index contributed by atoms with van der Waals surface area (Å²) in [6.07, 6.45) is 1.87. The van der Waals surface area contributed by atoms with Gasteiger partial charge in [-0.15, -0.1) is 5.10 Å². The van der Waals surface area contributed by atoms with Crippen LogP contribution in [0.25, 0.3) is 0 Å². The lowest BCUT2D eigenvalue weighted by Gasteiger charge is -2.04. The van der Waals surface area contributed by atoms with Crippen LogP contribution in [0.4, 0.5) is 0 Å². The molecule has 0 aliphatic rings. The minimum atomic E-state index is 0.430. The fraction of sp³-hybridized carbons (Fsp3) is 0.545. The summed E-state index contributed by atoms with van der Waals surface area (Å²) in [6, 6.07) is 0. The van der Waals surface area contributed by atoms with Gasteiger partial charge in [-0.05, 0) is 26.3 Å². The molecule has 0 aliphatic carbocycles. The van der Waals surface area contributed by atoms with Crippen LogP contribution >= 0.6 is 0 Å². The zero-order valence-corrected chi connectivity index (χ0v) is 10.5. The first-order valence-electron chi connectivity index (χ1n) is 5.71. The fourth-order valence-corrected chi connectivity index (χ4v) is 1.74. The number of nitrogens with two attached hydrogens (primary N) is 1. The van der Waals surface area contributed by atoms with Gasteiger partial charge in [0.05, 0.1) is 24.5 Å². The van der Waals surface area contributed by atoms with Gasteiger partial charge in [-0.25, -0.2) is 0 Å². The molecule has 2 heterocycles. The molecule has 0 unspecified atom stereocenters. The van der Waals surface area contributed by atoms with Crippen molar-refractivity contribution in [2.24, 2.45) is 5.73 Å². The molecule has 0 radical (unpaired) electrons. The predicted octanol–water partition coefficient (Wildman–Crippen LogP) is 0.559. The molecule has 6 nitrogen and oxygen atoms in total. The average Bonchev–Trinajstić information content (AvgIpc) is 2.88. The summed E-state index contributed by atoms with van der Waals surface area (Å²) >= 11 is 0. The van der Waals surface area contributed by atoms with Gasteiger partial charge in [-0.3, -0.25) is 9.36 Å². The summed E-state index contributed by atoms with van der Waals surface area (Å²) < 4.78 is 3.81. The Bertz CT molecular complexity index is 510. The molecule has 6 heteroatoms. The molecular weight excluding hydrogens is 216 g/mol. The van der Waals surface area contributed by atoms with Gasteiger partial charge in [0.15, 0.2) is 0 Å². The molecule has 92 valence electrons. The minimum absolute atomic E-state index is 0.430. The van der Waals surface area contributed by atoms with Crippen LogP contribution in [0.1, 0.15) is 22.6 Å². The maximum Gasteiger partial charge on any atom is 0.0962 e. The number of rotatable bonds is 4. The van der Waals surface area contributed by atoms with Crippen molar-refractivity contribution in [2.75, 3.05) is 0 Å². The van der Waals surface area contributed by atoms with Gasteiger partial charge >= 0.3 is 0 Å². The van der Waals surface area contributed by atoms with Gasteiger partial charge in [0.1, 0.15) is 0 Å². The molecule has 2 aromatic heterocycles. The Morgan fingerprint density at radius 2 is 2.00 bits per heavy atom. The maximum absolute atomic E-state index is 5.48. The van der Waals surface area contributed by atoms with Crippen molar-refractivity contribution in [2.45, 2.75) is 40.4 Å². The Balaban J connectivity index is 2.04. The zero-order valence-electron chi connectivity index (χ0n) is 10.5. The molecule has 0 saturated carbocycles. The van der Waals surface area contributed by atoms with Crippen LogP contribution in [0, 0.1) is 20.8 Å². The molecule has 2 N–H and O–H groups in total. The summed E-state index contributed by atoms with van der Waals surface area (Å²) in [5.41, 5.74) is 9.85. The monoisotopic (exact) mass is 234 g/mol.